The number of pyridine rings is 3. The van der Waals surface area contributed by atoms with Crippen LogP contribution in [0.1, 0.15) is 88.8 Å². The van der Waals surface area contributed by atoms with Crippen LogP contribution in [0.3, 0.4) is 0 Å². The average molecular weight is 936 g/mol. The van der Waals surface area contributed by atoms with E-state index in [0.29, 0.717) is 50.2 Å². The van der Waals surface area contributed by atoms with E-state index in [2.05, 4.69) is 60.0 Å². The van der Waals surface area contributed by atoms with Gasteiger partial charge in [-0.25, -0.2) is 4.98 Å². The fraction of sp³-hybridized carbons (Fsp3) is 0.250. The van der Waals surface area contributed by atoms with Crippen molar-refractivity contribution in [1.29, 1.82) is 0 Å². The zero-order chi connectivity index (χ0) is 48.0. The first-order valence-corrected chi connectivity index (χ1v) is 18.6. The van der Waals surface area contributed by atoms with Gasteiger partial charge in [0.05, 0.1) is 5.58 Å². The molecule has 8 aromatic rings. The third-order valence-corrected chi connectivity index (χ3v) is 9.23. The van der Waals surface area contributed by atoms with Crippen molar-refractivity contribution < 1.29 is 38.2 Å². The van der Waals surface area contributed by atoms with Crippen LogP contribution < -0.4 is 0 Å². The number of aromatic nitrogens is 3. The topological polar surface area (TPSA) is 51.8 Å². The fourth-order valence-corrected chi connectivity index (χ4v) is 6.37. The first-order chi connectivity index (χ1) is 30.7. The summed E-state index contributed by atoms with van der Waals surface area (Å²) >= 11 is 0. The third kappa shape index (κ3) is 10.2. The predicted molar refractivity (Wildman–Crippen MR) is 233 cm³/mol. The van der Waals surface area contributed by atoms with Gasteiger partial charge in [0.1, 0.15) is 0 Å². The molecule has 0 bridgehead atoms. The molecule has 0 N–H and O–H groups in total. The largest absolute Gasteiger partial charge is 0.486 e. The molecule has 0 saturated carbocycles. The summed E-state index contributed by atoms with van der Waals surface area (Å²) in [5.74, 6) is 0. The molecule has 4 nitrogen and oxygen atoms in total. The van der Waals surface area contributed by atoms with E-state index >= 15 is 0 Å². The minimum absolute atomic E-state index is 0. The number of aryl methyl sites for hydroxylation is 4. The standard InChI is InChI=1S/C29H27N2O.C23H24N.Ir/c1-19-8-15-24-23-6-5-7-25(27(23)32-28(24)31-19)26-18-21(16-17-30-26)10-9-20-11-13-22(14-12-20)29(2,3)4;1-17-10-12-20(14-21(17)19-8-6-5-7-9-19)22-13-11-18(16-24-22)15-23(2,3)4;/h5-6,8,11-18H,9-10H2,1-4H3;5-11,13-14,16H,15H2,1-4H3;/q2*-1;/i1D3,10D2;1D3,15D2;. The van der Waals surface area contributed by atoms with Gasteiger partial charge in [0, 0.05) is 57.3 Å². The quantitative estimate of drug-likeness (QED) is 0.149. The van der Waals surface area contributed by atoms with Crippen molar-refractivity contribution in [2.24, 2.45) is 5.41 Å². The van der Waals surface area contributed by atoms with Gasteiger partial charge in [-0.05, 0) is 88.7 Å². The molecule has 0 atom stereocenters. The van der Waals surface area contributed by atoms with Crippen LogP contribution in [0.2, 0.25) is 0 Å². The van der Waals surface area contributed by atoms with Crippen molar-refractivity contribution in [3.05, 3.63) is 173 Å². The molecule has 0 aliphatic rings. The summed E-state index contributed by atoms with van der Waals surface area (Å²) < 4.78 is 86.9. The Morgan fingerprint density at radius 1 is 0.737 bits per heavy atom. The Kier molecular flexibility index (Phi) is 9.20. The third-order valence-electron chi connectivity index (χ3n) is 9.23. The molecule has 57 heavy (non-hydrogen) atoms. The van der Waals surface area contributed by atoms with Gasteiger partial charge in [-0.1, -0.05) is 143 Å². The number of furan rings is 1. The average Bonchev–Trinajstić information content (AvgIpc) is 3.64. The molecular formula is C52H51IrN3O-2. The summed E-state index contributed by atoms with van der Waals surface area (Å²) in [7, 11) is 0. The number of hydrogen-bond donors (Lipinski definition) is 0. The molecule has 4 aromatic carbocycles. The molecule has 0 aliphatic carbocycles. The van der Waals surface area contributed by atoms with Crippen LogP contribution in [0.4, 0.5) is 0 Å². The Morgan fingerprint density at radius 3 is 2.23 bits per heavy atom. The van der Waals surface area contributed by atoms with Gasteiger partial charge in [0.25, 0.3) is 0 Å². The molecule has 0 amide bonds. The monoisotopic (exact) mass is 936 g/mol. The van der Waals surface area contributed by atoms with Gasteiger partial charge in [0.15, 0.2) is 0 Å². The van der Waals surface area contributed by atoms with Crippen LogP contribution in [0.5, 0.6) is 0 Å². The molecule has 0 spiro atoms. The van der Waals surface area contributed by atoms with Crippen LogP contribution in [-0.2, 0) is 44.7 Å². The molecule has 291 valence electrons. The van der Waals surface area contributed by atoms with E-state index in [0.717, 1.165) is 16.5 Å². The second kappa shape index (κ2) is 17.5. The second-order valence-corrected chi connectivity index (χ2v) is 15.8. The van der Waals surface area contributed by atoms with E-state index in [4.69, 9.17) is 18.1 Å². The summed E-state index contributed by atoms with van der Waals surface area (Å²) in [5, 5.41) is 1.46. The first kappa shape index (κ1) is 29.9. The maximum Gasteiger partial charge on any atom is 0.216 e. The van der Waals surface area contributed by atoms with Crippen molar-refractivity contribution in [3.8, 4) is 33.6 Å². The number of rotatable bonds is 7. The van der Waals surface area contributed by atoms with E-state index in [1.807, 2.05) is 69.3 Å². The number of hydrogen-bond acceptors (Lipinski definition) is 4. The zero-order valence-corrected chi connectivity index (χ0v) is 35.3. The Hall–Kier alpha value is -5.22. The molecule has 0 saturated heterocycles. The Morgan fingerprint density at radius 2 is 1.53 bits per heavy atom. The van der Waals surface area contributed by atoms with E-state index in [1.165, 1.54) is 17.7 Å². The fourth-order valence-electron chi connectivity index (χ4n) is 6.37. The molecule has 0 fully saturated rings. The molecule has 4 aromatic heterocycles. The van der Waals surface area contributed by atoms with Crippen LogP contribution in [-0.4, -0.2) is 15.0 Å². The molecule has 0 unspecified atom stereocenters. The normalized spacial score (nSPS) is 15.1. The van der Waals surface area contributed by atoms with E-state index < -0.39 is 31.9 Å². The predicted octanol–water partition coefficient (Wildman–Crippen LogP) is 13.3. The number of benzene rings is 4. The molecule has 4 heterocycles. The molecule has 0 aliphatic heterocycles. The van der Waals surface area contributed by atoms with Crippen LogP contribution >= 0.6 is 0 Å². The summed E-state index contributed by atoms with van der Waals surface area (Å²) in [5.41, 5.74) is 7.33. The van der Waals surface area contributed by atoms with E-state index in [9.17, 15) is 0 Å². The molecule has 1 radical (unpaired) electrons. The maximum atomic E-state index is 8.82. The summed E-state index contributed by atoms with van der Waals surface area (Å²) in [6.45, 7) is 7.44. The van der Waals surface area contributed by atoms with Crippen molar-refractivity contribution in [2.45, 2.75) is 79.8 Å². The van der Waals surface area contributed by atoms with E-state index in [1.54, 1.807) is 54.9 Å². The van der Waals surface area contributed by atoms with Gasteiger partial charge < -0.3 is 14.4 Å². The van der Waals surface area contributed by atoms with Crippen LogP contribution in [0.25, 0.3) is 55.7 Å². The van der Waals surface area contributed by atoms with Crippen molar-refractivity contribution in [3.63, 3.8) is 0 Å². The van der Waals surface area contributed by atoms with Crippen molar-refractivity contribution in [2.75, 3.05) is 0 Å². The smallest absolute Gasteiger partial charge is 0.216 e. The molecule has 8 rings (SSSR count). The minimum Gasteiger partial charge on any atom is -0.486 e. The van der Waals surface area contributed by atoms with Crippen LogP contribution in [0.15, 0.2) is 132 Å². The van der Waals surface area contributed by atoms with Gasteiger partial charge in [-0.3, -0.25) is 0 Å². The van der Waals surface area contributed by atoms with Gasteiger partial charge in [-0.15, -0.1) is 47.5 Å². The van der Waals surface area contributed by atoms with Crippen molar-refractivity contribution >= 4 is 22.1 Å². The Labute approximate surface area is 366 Å². The zero-order valence-electron chi connectivity index (χ0n) is 42.9. The number of nitrogens with zero attached hydrogens (tertiary/aromatic N) is 3. The second-order valence-electron chi connectivity index (χ2n) is 15.8. The molecule has 5 heteroatoms. The number of fused-ring (bicyclic) bond motifs is 3. The summed E-state index contributed by atoms with van der Waals surface area (Å²) in [6, 6.07) is 40.7. The van der Waals surface area contributed by atoms with Crippen LogP contribution in [0, 0.1) is 31.3 Å². The van der Waals surface area contributed by atoms with Crippen molar-refractivity contribution in [1.82, 2.24) is 15.0 Å². The van der Waals surface area contributed by atoms with Gasteiger partial charge >= 0.3 is 0 Å². The Bertz CT molecular complexity index is 2990. The SMILES string of the molecule is [2H]C([2H])([2H])c1c[c-]c(-c2ccc(C([2H])([2H])C(C)(C)C)cn2)cc1-c1ccccc1.[2H]C([2H])([2H])c1ccc2c(n1)oc1c(-c3cc(C([2H])([2H])Cc4ccc(C(C)(C)C)cc4)ccn3)[c-]ccc12.[Ir]. The van der Waals surface area contributed by atoms with Gasteiger partial charge in [0.2, 0.25) is 5.71 Å². The first-order valence-electron chi connectivity index (χ1n) is 23.6. The van der Waals surface area contributed by atoms with Gasteiger partial charge in [-0.2, -0.15) is 0 Å². The maximum absolute atomic E-state index is 8.82. The van der Waals surface area contributed by atoms with E-state index in [-0.39, 0.29) is 48.9 Å². The summed E-state index contributed by atoms with van der Waals surface area (Å²) in [4.78, 5) is 13.1. The molecular weight excluding hydrogens is 875 g/mol. The minimum atomic E-state index is -2.34. The Balaban J connectivity index is 0.000000224. The summed E-state index contributed by atoms with van der Waals surface area (Å²) in [6.07, 6.45) is 0.211.